The van der Waals surface area contributed by atoms with Crippen molar-refractivity contribution < 1.29 is 8.78 Å². The van der Waals surface area contributed by atoms with Gasteiger partial charge in [0.25, 0.3) is 5.92 Å². The first kappa shape index (κ1) is 10.9. The number of halogens is 4. The van der Waals surface area contributed by atoms with Crippen molar-refractivity contribution in [3.63, 3.8) is 0 Å². The standard InChI is InChI=1S/C10H14Cl2F2/c11-9(12)5-7(9)3-1-2-4-8-6-10(8,13)14/h7-8H,1-6H2. The molecule has 0 aromatic carbocycles. The Morgan fingerprint density at radius 2 is 1.43 bits per heavy atom. The van der Waals surface area contributed by atoms with Gasteiger partial charge in [-0.05, 0) is 25.2 Å². The molecule has 0 aromatic rings. The van der Waals surface area contributed by atoms with Gasteiger partial charge >= 0.3 is 0 Å². The topological polar surface area (TPSA) is 0 Å². The average molecular weight is 243 g/mol. The summed E-state index contributed by atoms with van der Waals surface area (Å²) in [5, 5.41) is 0. The van der Waals surface area contributed by atoms with E-state index in [2.05, 4.69) is 0 Å². The minimum absolute atomic E-state index is 0.103. The summed E-state index contributed by atoms with van der Waals surface area (Å²) in [5.74, 6) is -2.27. The maximum atomic E-state index is 12.5. The van der Waals surface area contributed by atoms with Gasteiger partial charge in [0.15, 0.2) is 0 Å². The molecule has 0 radical (unpaired) electrons. The minimum atomic E-state index is -2.34. The van der Waals surface area contributed by atoms with E-state index in [1.54, 1.807) is 0 Å². The molecule has 0 aromatic heterocycles. The van der Waals surface area contributed by atoms with Gasteiger partial charge in [0.05, 0.1) is 0 Å². The Balaban J connectivity index is 1.49. The van der Waals surface area contributed by atoms with E-state index in [0.717, 1.165) is 25.7 Å². The van der Waals surface area contributed by atoms with E-state index in [1.807, 2.05) is 0 Å². The van der Waals surface area contributed by atoms with Crippen LogP contribution in [0.4, 0.5) is 8.78 Å². The Morgan fingerprint density at radius 1 is 1.00 bits per heavy atom. The maximum Gasteiger partial charge on any atom is 0.251 e. The highest BCUT2D eigenvalue weighted by Gasteiger charge is 2.56. The summed E-state index contributed by atoms with van der Waals surface area (Å²) < 4.78 is 24.5. The molecular weight excluding hydrogens is 229 g/mol. The molecule has 2 aliphatic carbocycles. The first-order valence-electron chi connectivity index (χ1n) is 5.17. The molecule has 14 heavy (non-hydrogen) atoms. The fraction of sp³-hybridized carbons (Fsp3) is 1.00. The van der Waals surface area contributed by atoms with Crippen LogP contribution in [0.1, 0.15) is 38.5 Å². The lowest BCUT2D eigenvalue weighted by molar-refractivity contribution is 0.0964. The molecule has 2 atom stereocenters. The Bertz CT molecular complexity index is 204. The van der Waals surface area contributed by atoms with Gasteiger partial charge in [-0.1, -0.05) is 12.8 Å². The van der Waals surface area contributed by atoms with Crippen LogP contribution in [0.15, 0.2) is 0 Å². The zero-order valence-electron chi connectivity index (χ0n) is 7.91. The van der Waals surface area contributed by atoms with Crippen LogP contribution in [0.5, 0.6) is 0 Å². The SMILES string of the molecule is FC1(F)CC1CCCCC1CC1(Cl)Cl. The molecule has 0 heterocycles. The third kappa shape index (κ3) is 2.52. The lowest BCUT2D eigenvalue weighted by atomic mass is 10.1. The summed E-state index contributed by atoms with van der Waals surface area (Å²) in [5.41, 5.74) is 0. The van der Waals surface area contributed by atoms with Crippen molar-refractivity contribution in [2.24, 2.45) is 11.8 Å². The molecule has 2 unspecified atom stereocenters. The summed E-state index contributed by atoms with van der Waals surface area (Å²) >= 11 is 11.7. The highest BCUT2D eigenvalue weighted by atomic mass is 35.5. The molecule has 82 valence electrons. The lowest BCUT2D eigenvalue weighted by Crippen LogP contribution is -1.94. The molecule has 2 aliphatic rings. The normalized spacial score (nSPS) is 36.9. The fourth-order valence-corrected chi connectivity index (χ4v) is 2.54. The van der Waals surface area contributed by atoms with Crippen molar-refractivity contribution >= 4 is 23.2 Å². The van der Waals surface area contributed by atoms with E-state index in [9.17, 15) is 8.78 Å². The van der Waals surface area contributed by atoms with E-state index >= 15 is 0 Å². The Labute approximate surface area is 92.9 Å². The van der Waals surface area contributed by atoms with Crippen molar-refractivity contribution in [3.05, 3.63) is 0 Å². The molecule has 0 bridgehead atoms. The summed E-state index contributed by atoms with van der Waals surface area (Å²) in [4.78, 5) is 0. The molecule has 2 rings (SSSR count). The Morgan fingerprint density at radius 3 is 1.79 bits per heavy atom. The molecule has 0 N–H and O–H groups in total. The molecule has 0 amide bonds. The van der Waals surface area contributed by atoms with Crippen LogP contribution in [-0.4, -0.2) is 10.3 Å². The van der Waals surface area contributed by atoms with Gasteiger partial charge in [-0.3, -0.25) is 0 Å². The third-order valence-electron chi connectivity index (χ3n) is 3.27. The second kappa shape index (κ2) is 3.48. The van der Waals surface area contributed by atoms with E-state index in [0.29, 0.717) is 12.3 Å². The van der Waals surface area contributed by atoms with Gasteiger partial charge in [-0.2, -0.15) is 0 Å². The first-order valence-corrected chi connectivity index (χ1v) is 5.93. The molecule has 4 heteroatoms. The number of rotatable bonds is 5. The lowest BCUT2D eigenvalue weighted by Gasteiger charge is -2.00. The molecular formula is C10H14Cl2F2. The van der Waals surface area contributed by atoms with E-state index in [-0.39, 0.29) is 12.3 Å². The number of hydrogen-bond acceptors (Lipinski definition) is 0. The fourth-order valence-electron chi connectivity index (χ4n) is 1.95. The van der Waals surface area contributed by atoms with Crippen LogP contribution < -0.4 is 0 Å². The van der Waals surface area contributed by atoms with Gasteiger partial charge in [-0.15, -0.1) is 23.2 Å². The molecule has 0 saturated heterocycles. The quantitative estimate of drug-likeness (QED) is 0.496. The minimum Gasteiger partial charge on any atom is -0.207 e. The van der Waals surface area contributed by atoms with Crippen LogP contribution in [0, 0.1) is 11.8 Å². The zero-order valence-corrected chi connectivity index (χ0v) is 9.42. The van der Waals surface area contributed by atoms with Gasteiger partial charge < -0.3 is 0 Å². The summed E-state index contributed by atoms with van der Waals surface area (Å²) in [6.07, 6.45) is 4.50. The van der Waals surface area contributed by atoms with Crippen molar-refractivity contribution in [2.75, 3.05) is 0 Å². The highest BCUT2D eigenvalue weighted by Crippen LogP contribution is 2.56. The summed E-state index contributed by atoms with van der Waals surface area (Å²) in [6.45, 7) is 0. The van der Waals surface area contributed by atoms with E-state index in [1.165, 1.54) is 0 Å². The van der Waals surface area contributed by atoms with Crippen LogP contribution >= 0.6 is 23.2 Å². The predicted octanol–water partition coefficient (Wildman–Crippen LogP) is 4.40. The number of hydrogen-bond donors (Lipinski definition) is 0. The zero-order chi connectivity index (χ0) is 10.4. The number of alkyl halides is 4. The van der Waals surface area contributed by atoms with Crippen molar-refractivity contribution in [1.29, 1.82) is 0 Å². The monoisotopic (exact) mass is 242 g/mol. The van der Waals surface area contributed by atoms with Crippen molar-refractivity contribution in [2.45, 2.75) is 48.8 Å². The van der Waals surface area contributed by atoms with Crippen LogP contribution in [0.3, 0.4) is 0 Å². The van der Waals surface area contributed by atoms with Gasteiger partial charge in [0.1, 0.15) is 4.33 Å². The Hall–Kier alpha value is 0.440. The second-order valence-corrected chi connectivity index (χ2v) is 6.15. The first-order chi connectivity index (χ1) is 6.42. The predicted molar refractivity (Wildman–Crippen MR) is 54.1 cm³/mol. The van der Waals surface area contributed by atoms with Crippen LogP contribution in [-0.2, 0) is 0 Å². The summed E-state index contributed by atoms with van der Waals surface area (Å²) in [7, 11) is 0. The smallest absolute Gasteiger partial charge is 0.207 e. The third-order valence-corrected chi connectivity index (χ3v) is 4.19. The molecule has 0 spiro atoms. The van der Waals surface area contributed by atoms with E-state index < -0.39 is 10.3 Å². The summed E-state index contributed by atoms with van der Waals surface area (Å²) in [6, 6.07) is 0. The van der Waals surface area contributed by atoms with Crippen molar-refractivity contribution in [1.82, 2.24) is 0 Å². The number of unbranched alkanes of at least 4 members (excludes halogenated alkanes) is 1. The van der Waals surface area contributed by atoms with Crippen molar-refractivity contribution in [3.8, 4) is 0 Å². The average Bonchev–Trinajstić information content (AvgIpc) is 2.84. The van der Waals surface area contributed by atoms with Gasteiger partial charge in [0, 0.05) is 12.3 Å². The molecule has 0 aliphatic heterocycles. The van der Waals surface area contributed by atoms with E-state index in [4.69, 9.17) is 23.2 Å². The van der Waals surface area contributed by atoms with Gasteiger partial charge in [-0.25, -0.2) is 8.78 Å². The second-order valence-electron chi connectivity index (χ2n) is 4.61. The van der Waals surface area contributed by atoms with Crippen LogP contribution in [0.2, 0.25) is 0 Å². The Kier molecular flexibility index (Phi) is 2.72. The molecule has 2 fully saturated rings. The largest absolute Gasteiger partial charge is 0.251 e. The maximum absolute atomic E-state index is 12.5. The molecule has 0 nitrogen and oxygen atoms in total. The molecule has 2 saturated carbocycles. The van der Waals surface area contributed by atoms with Gasteiger partial charge in [0.2, 0.25) is 0 Å². The highest BCUT2D eigenvalue weighted by molar-refractivity contribution is 6.50. The van der Waals surface area contributed by atoms with Crippen LogP contribution in [0.25, 0.3) is 0 Å².